The second-order valence-corrected chi connectivity index (χ2v) is 31.6. The van der Waals surface area contributed by atoms with Gasteiger partial charge in [0.05, 0.1) is 55.9 Å². The Kier molecular flexibility index (Phi) is 31.5. The molecule has 6 fully saturated rings. The van der Waals surface area contributed by atoms with Crippen LogP contribution in [0.25, 0.3) is 0 Å². The topological polar surface area (TPSA) is 157 Å². The number of para-hydroxylation sites is 2. The Morgan fingerprint density at radius 1 is 0.376 bits per heavy atom. The largest absolute Gasteiger partial charge is 0.493 e. The minimum Gasteiger partial charge on any atom is -0.493 e. The fraction of sp³-hybridized carbons (Fsp3) is 0.448. The van der Waals surface area contributed by atoms with Crippen LogP contribution in [0.1, 0.15) is 218 Å². The van der Waals surface area contributed by atoms with Crippen molar-refractivity contribution in [3.63, 3.8) is 0 Å². The van der Waals surface area contributed by atoms with Crippen molar-refractivity contribution in [1.29, 1.82) is 5.26 Å². The highest BCUT2D eigenvalue weighted by Gasteiger charge is 2.42. The predicted octanol–water partition coefficient (Wildman–Crippen LogP) is 21.8. The predicted molar refractivity (Wildman–Crippen MR) is 433 cm³/mol. The summed E-state index contributed by atoms with van der Waals surface area (Å²) in [5.74, 6) is 9.23. The summed E-state index contributed by atoms with van der Waals surface area (Å²) in [6, 6.07) is 72.8. The lowest BCUT2D eigenvalue weighted by Crippen LogP contribution is -2.24. The van der Waals surface area contributed by atoms with Crippen LogP contribution < -0.4 is 23.7 Å². The van der Waals surface area contributed by atoms with Crippen LogP contribution in [0.5, 0.6) is 28.7 Å². The first kappa shape index (κ1) is 81.1. The lowest BCUT2D eigenvalue weighted by molar-refractivity contribution is -0.122. The lowest BCUT2D eigenvalue weighted by atomic mass is 9.82. The van der Waals surface area contributed by atoms with E-state index in [1.165, 1.54) is 90.8 Å². The summed E-state index contributed by atoms with van der Waals surface area (Å²) >= 11 is 5.95. The van der Waals surface area contributed by atoms with E-state index < -0.39 is 0 Å². The Morgan fingerprint density at radius 3 is 1.06 bits per heavy atom. The van der Waals surface area contributed by atoms with Gasteiger partial charge in [-0.2, -0.15) is 5.26 Å². The molecule has 0 radical (unpaired) electrons. The number of rotatable bonds is 30. The Balaban J connectivity index is 0.000000144. The molecule has 0 spiro atoms. The molecule has 0 amide bonds. The summed E-state index contributed by atoms with van der Waals surface area (Å²) in [6.45, 7) is 8.70. The van der Waals surface area contributed by atoms with E-state index >= 15 is 0 Å². The summed E-state index contributed by atoms with van der Waals surface area (Å²) < 4.78 is 41.3. The molecule has 8 aromatic carbocycles. The molecule has 6 aliphatic rings. The molecular formula is C96H112ClNO11. The normalized spacial score (nSPS) is 23.2. The van der Waals surface area contributed by atoms with Gasteiger partial charge >= 0.3 is 0 Å². The number of carbonyl (C=O) groups excluding carboxylic acids is 4. The van der Waals surface area contributed by atoms with Gasteiger partial charge in [-0.15, -0.1) is 0 Å². The Morgan fingerprint density at radius 2 is 0.706 bits per heavy atom. The molecule has 0 saturated heterocycles. The maximum atomic E-state index is 11.4. The highest BCUT2D eigenvalue weighted by Crippen LogP contribution is 2.44. The van der Waals surface area contributed by atoms with Crippen molar-refractivity contribution in [2.75, 3.05) is 33.0 Å². The number of halogens is 1. The summed E-state index contributed by atoms with van der Waals surface area (Å²) in [4.78, 5) is 44.5. The van der Waals surface area contributed by atoms with Gasteiger partial charge in [-0.3, -0.25) is 19.2 Å². The number of aryl methyl sites for hydroxylation is 1. The molecule has 13 heteroatoms. The van der Waals surface area contributed by atoms with E-state index in [1.807, 2.05) is 84.9 Å². The smallest absolute Gasteiger partial charge is 0.155 e. The summed E-state index contributed by atoms with van der Waals surface area (Å²) in [6.07, 6.45) is 25.4. The SMILES string of the molecule is CC(=O)C1CC1CCc1ccc(C2CCCC(Oc3ccccc3)C2)cc1.CC(=O)C1CC1COc1ccc(C2CCCC(Oc3ccccc3)C2)cc1.CC(=O)COCCc1ccc(C2CCCC(Oc3ccc(C#N)cc3)C2)cc1.CC(=O)COCCc1ccc(C2CCCC(Oc3ccc(Cl)cc3)C2)cc1. The van der Waals surface area contributed by atoms with Crippen LogP contribution in [-0.2, 0) is 47.9 Å². The van der Waals surface area contributed by atoms with E-state index in [4.69, 9.17) is 50.0 Å². The molecule has 0 N–H and O–H groups in total. The van der Waals surface area contributed by atoms with Gasteiger partial charge in [-0.25, -0.2) is 0 Å². The highest BCUT2D eigenvalue weighted by molar-refractivity contribution is 6.30. The standard InChI is InChI=1S/C25H30O2.C24H27NO3.C24H28O3.C23H27ClO3/c1-18(26)25-17-22(25)15-12-19-10-13-20(14-11-19)21-6-5-9-24(16-21)27-23-7-3-2-4-8-23;1-18(26)17-27-14-13-19-5-9-21(10-6-19)22-3-2-4-24(15-22)28-23-11-7-20(16-25)8-12-23;1-17(25)24-15-20(24)16-26-21-12-10-18(11-13-21)19-6-5-9-23(14-19)27-22-7-3-2-4-8-22;1-17(25)16-26-14-13-18-5-7-19(8-6-18)20-3-2-4-23(15-20)27-22-11-9-21(24)10-12-22/h2-4,7-8,10-11,13-14,21-22,24-25H,5-6,9,12,15-17H2,1H3;5-12,22,24H,2-4,13-15,17H2,1H3;2-4,7-8,10-13,19-20,23-24H,5-6,9,14-16H2,1H3;5-12,20,23H,2-4,13-16H2,1H3. The number of carbonyl (C=O) groups is 4. The van der Waals surface area contributed by atoms with Crippen LogP contribution in [0, 0.1) is 35.0 Å². The van der Waals surface area contributed by atoms with E-state index in [0.29, 0.717) is 90.6 Å². The maximum Gasteiger partial charge on any atom is 0.155 e. The zero-order valence-corrected chi connectivity index (χ0v) is 65.2. The Hall–Kier alpha value is -8.86. The van der Waals surface area contributed by atoms with Crippen molar-refractivity contribution in [2.45, 2.75) is 217 Å². The average Bonchev–Trinajstić information content (AvgIpc) is 1.66. The number of nitriles is 1. The van der Waals surface area contributed by atoms with E-state index in [0.717, 1.165) is 130 Å². The molecule has 0 bridgehead atoms. The monoisotopic (exact) mass is 1490 g/mol. The van der Waals surface area contributed by atoms with Gasteiger partial charge in [0, 0.05) is 22.8 Å². The van der Waals surface area contributed by atoms with Crippen LogP contribution in [-0.4, -0.2) is 80.6 Å². The fourth-order valence-electron chi connectivity index (χ4n) is 16.2. The van der Waals surface area contributed by atoms with Crippen molar-refractivity contribution in [3.8, 4) is 34.8 Å². The third-order valence-corrected chi connectivity index (χ3v) is 22.8. The number of benzene rings is 8. The van der Waals surface area contributed by atoms with E-state index in [2.05, 4.69) is 115 Å². The van der Waals surface area contributed by atoms with Crippen LogP contribution >= 0.6 is 11.6 Å². The Labute approximate surface area is 652 Å². The fourth-order valence-corrected chi connectivity index (χ4v) is 16.3. The van der Waals surface area contributed by atoms with Gasteiger partial charge in [0.1, 0.15) is 53.5 Å². The first-order chi connectivity index (χ1) is 53.1. The van der Waals surface area contributed by atoms with Gasteiger partial charge in [0.25, 0.3) is 0 Å². The lowest BCUT2D eigenvalue weighted by Gasteiger charge is -2.30. The number of Topliss-reactive ketones (excluding diaryl/α,β-unsaturated/α-hetero) is 4. The molecule has 109 heavy (non-hydrogen) atoms. The van der Waals surface area contributed by atoms with Crippen molar-refractivity contribution in [1.82, 2.24) is 0 Å². The summed E-state index contributed by atoms with van der Waals surface area (Å²) in [7, 11) is 0. The molecular weight excluding hydrogens is 1380 g/mol. The van der Waals surface area contributed by atoms with Crippen LogP contribution in [0.3, 0.4) is 0 Å². The van der Waals surface area contributed by atoms with Gasteiger partial charge in [0.15, 0.2) is 11.6 Å². The van der Waals surface area contributed by atoms with Crippen molar-refractivity contribution in [2.24, 2.45) is 23.7 Å². The zero-order valence-electron chi connectivity index (χ0n) is 64.5. The molecule has 0 aromatic heterocycles. The molecule has 574 valence electrons. The number of nitrogens with zero attached hydrogens (tertiary/aromatic N) is 1. The summed E-state index contributed by atoms with van der Waals surface area (Å²) in [5.41, 5.74) is 10.1. The second-order valence-electron chi connectivity index (χ2n) is 31.2. The van der Waals surface area contributed by atoms with Crippen LogP contribution in [0.2, 0.25) is 5.02 Å². The third-order valence-electron chi connectivity index (χ3n) is 22.5. The molecule has 6 saturated carbocycles. The molecule has 0 heterocycles. The van der Waals surface area contributed by atoms with Gasteiger partial charge in [0.2, 0.25) is 0 Å². The molecule has 12 nitrogen and oxygen atoms in total. The van der Waals surface area contributed by atoms with E-state index in [1.54, 1.807) is 32.9 Å². The van der Waals surface area contributed by atoms with Crippen LogP contribution in [0.15, 0.2) is 206 Å². The van der Waals surface area contributed by atoms with Gasteiger partial charge in [-0.1, -0.05) is 133 Å². The molecule has 12 unspecified atom stereocenters. The molecule has 0 aliphatic heterocycles. The van der Waals surface area contributed by atoms with Crippen molar-refractivity contribution >= 4 is 34.7 Å². The van der Waals surface area contributed by atoms with Crippen molar-refractivity contribution < 1.29 is 52.3 Å². The number of ketones is 4. The Bertz CT molecular complexity index is 3970. The average molecular weight is 1490 g/mol. The summed E-state index contributed by atoms with van der Waals surface area (Å²) in [5, 5.41) is 9.63. The minimum atomic E-state index is 0.0606. The maximum absolute atomic E-state index is 11.4. The number of hydrogen-bond donors (Lipinski definition) is 0. The molecule has 6 aliphatic carbocycles. The quantitative estimate of drug-likeness (QED) is 0.0393. The van der Waals surface area contributed by atoms with Gasteiger partial charge in [-0.05, 0) is 322 Å². The molecule has 8 aromatic rings. The number of hydrogen-bond acceptors (Lipinski definition) is 12. The first-order valence-electron chi connectivity index (χ1n) is 40.3. The molecule has 14 rings (SSSR count). The zero-order chi connectivity index (χ0) is 76.1. The third kappa shape index (κ3) is 27.3. The van der Waals surface area contributed by atoms with Crippen LogP contribution in [0.4, 0.5) is 0 Å². The minimum absolute atomic E-state index is 0.0606. The van der Waals surface area contributed by atoms with Crippen molar-refractivity contribution in [3.05, 3.63) is 256 Å². The number of ether oxygens (including phenoxy) is 7. The first-order valence-corrected chi connectivity index (χ1v) is 40.7. The van der Waals surface area contributed by atoms with Gasteiger partial charge < -0.3 is 33.2 Å². The van der Waals surface area contributed by atoms with E-state index in [9.17, 15) is 19.2 Å². The molecule has 12 atom stereocenters. The van der Waals surface area contributed by atoms with E-state index in [-0.39, 0.29) is 42.9 Å². The second kappa shape index (κ2) is 42.4. The highest BCUT2D eigenvalue weighted by atomic mass is 35.5.